The maximum Gasteiger partial charge on any atom is 0.282 e. The van der Waals surface area contributed by atoms with E-state index >= 15 is 0 Å². The molecule has 0 aliphatic carbocycles. The number of imide groups is 1. The van der Waals surface area contributed by atoms with Crippen molar-refractivity contribution in [2.24, 2.45) is 0 Å². The van der Waals surface area contributed by atoms with Crippen LogP contribution in [0.5, 0.6) is 0 Å². The summed E-state index contributed by atoms with van der Waals surface area (Å²) < 4.78 is 0. The normalized spacial score (nSPS) is 17.4. The van der Waals surface area contributed by atoms with Gasteiger partial charge in [-0.15, -0.1) is 0 Å². The zero-order valence-corrected chi connectivity index (χ0v) is 16.3. The molecule has 0 N–H and O–H groups in total. The first-order valence-electron chi connectivity index (χ1n) is 8.88. The molecule has 6 heteroatoms. The van der Waals surface area contributed by atoms with Crippen molar-refractivity contribution in [3.05, 3.63) is 69.3 Å². The van der Waals surface area contributed by atoms with E-state index in [0.717, 1.165) is 25.9 Å². The van der Waals surface area contributed by atoms with Crippen LogP contribution in [-0.4, -0.2) is 29.8 Å². The summed E-state index contributed by atoms with van der Waals surface area (Å²) in [5.41, 5.74) is 2.83. The first-order valence-corrected chi connectivity index (χ1v) is 9.63. The summed E-state index contributed by atoms with van der Waals surface area (Å²) in [7, 11) is 0. The molecular weight excluding hydrogens is 383 g/mol. The molecule has 1 saturated heterocycles. The maximum absolute atomic E-state index is 13.4. The Balaban J connectivity index is 1.86. The van der Waals surface area contributed by atoms with Crippen LogP contribution in [0.4, 0.5) is 5.69 Å². The molecule has 138 valence electrons. The lowest BCUT2D eigenvalue weighted by atomic mass is 10.0. The standard InChI is InChI=1S/C21H18Cl2N2O2/c1-13-16(23)5-4-6-17(13)25-20(26)18(14-7-9-15(22)10-8-14)19(21(25)27)24-11-2-3-12-24/h4-10H,2-3,11-12H2,1H3. The van der Waals surface area contributed by atoms with E-state index in [-0.39, 0.29) is 11.8 Å². The molecular formula is C21H18Cl2N2O2. The molecule has 1 fully saturated rings. The van der Waals surface area contributed by atoms with Gasteiger partial charge in [0, 0.05) is 23.1 Å². The Labute approximate surface area is 168 Å². The number of nitrogens with zero attached hydrogens (tertiary/aromatic N) is 2. The van der Waals surface area contributed by atoms with Gasteiger partial charge in [-0.25, -0.2) is 4.90 Å². The lowest BCUT2D eigenvalue weighted by Gasteiger charge is -2.21. The molecule has 4 nitrogen and oxygen atoms in total. The highest BCUT2D eigenvalue weighted by atomic mass is 35.5. The van der Waals surface area contributed by atoms with Crippen molar-refractivity contribution < 1.29 is 9.59 Å². The largest absolute Gasteiger partial charge is 0.366 e. The predicted molar refractivity (Wildman–Crippen MR) is 108 cm³/mol. The molecule has 0 spiro atoms. The van der Waals surface area contributed by atoms with Crippen LogP contribution >= 0.6 is 23.2 Å². The van der Waals surface area contributed by atoms with Crippen LogP contribution in [0.1, 0.15) is 24.0 Å². The van der Waals surface area contributed by atoms with Gasteiger partial charge in [0.05, 0.1) is 11.3 Å². The van der Waals surface area contributed by atoms with Crippen LogP contribution in [0.25, 0.3) is 5.57 Å². The molecule has 2 heterocycles. The number of amides is 2. The highest BCUT2D eigenvalue weighted by molar-refractivity contribution is 6.46. The first kappa shape index (κ1) is 18.1. The average Bonchev–Trinajstić information content (AvgIpc) is 3.25. The van der Waals surface area contributed by atoms with Gasteiger partial charge >= 0.3 is 0 Å². The summed E-state index contributed by atoms with van der Waals surface area (Å²) in [5.74, 6) is -0.619. The van der Waals surface area contributed by atoms with E-state index in [0.29, 0.717) is 38.1 Å². The van der Waals surface area contributed by atoms with E-state index in [1.54, 1.807) is 42.5 Å². The second-order valence-corrected chi connectivity index (χ2v) is 7.60. The highest BCUT2D eigenvalue weighted by Gasteiger charge is 2.43. The lowest BCUT2D eigenvalue weighted by molar-refractivity contribution is -0.120. The minimum Gasteiger partial charge on any atom is -0.366 e. The van der Waals surface area contributed by atoms with E-state index in [2.05, 4.69) is 0 Å². The third-order valence-electron chi connectivity index (χ3n) is 5.09. The van der Waals surface area contributed by atoms with Crippen molar-refractivity contribution in [2.75, 3.05) is 18.0 Å². The zero-order chi connectivity index (χ0) is 19.1. The van der Waals surface area contributed by atoms with Crippen LogP contribution < -0.4 is 4.90 Å². The topological polar surface area (TPSA) is 40.6 Å². The Bertz CT molecular complexity index is 961. The molecule has 2 aliphatic heterocycles. The molecule has 4 rings (SSSR count). The van der Waals surface area contributed by atoms with Crippen LogP contribution in [0.3, 0.4) is 0 Å². The zero-order valence-electron chi connectivity index (χ0n) is 14.8. The minimum absolute atomic E-state index is 0.294. The number of hydrogen-bond acceptors (Lipinski definition) is 3. The molecule has 2 aromatic carbocycles. The van der Waals surface area contributed by atoms with E-state index in [4.69, 9.17) is 23.2 Å². The SMILES string of the molecule is Cc1c(Cl)cccc1N1C(=O)C(c2ccc(Cl)cc2)=C(N2CCCC2)C1=O. The summed E-state index contributed by atoms with van der Waals surface area (Å²) in [5, 5.41) is 1.11. The summed E-state index contributed by atoms with van der Waals surface area (Å²) in [6.07, 6.45) is 2.02. The fraction of sp³-hybridized carbons (Fsp3) is 0.238. The molecule has 0 radical (unpaired) electrons. The van der Waals surface area contributed by atoms with Gasteiger partial charge in [0.2, 0.25) is 0 Å². The fourth-order valence-electron chi connectivity index (χ4n) is 3.69. The van der Waals surface area contributed by atoms with Gasteiger partial charge in [-0.3, -0.25) is 9.59 Å². The Morgan fingerprint density at radius 1 is 0.889 bits per heavy atom. The second-order valence-electron chi connectivity index (χ2n) is 6.75. The van der Waals surface area contributed by atoms with Gasteiger partial charge in [0.25, 0.3) is 11.8 Å². The van der Waals surface area contributed by atoms with E-state index in [1.165, 1.54) is 4.90 Å². The number of benzene rings is 2. The molecule has 27 heavy (non-hydrogen) atoms. The molecule has 0 unspecified atom stereocenters. The number of rotatable bonds is 3. The Kier molecular flexibility index (Phi) is 4.70. The summed E-state index contributed by atoms with van der Waals surface area (Å²) in [4.78, 5) is 30.0. The van der Waals surface area contributed by atoms with Gasteiger partial charge < -0.3 is 4.90 Å². The number of carbonyl (C=O) groups excluding carboxylic acids is 2. The number of halogens is 2. The van der Waals surface area contributed by atoms with Crippen LogP contribution in [0.15, 0.2) is 48.2 Å². The first-order chi connectivity index (χ1) is 13.0. The summed E-state index contributed by atoms with van der Waals surface area (Å²) in [6, 6.07) is 12.3. The Morgan fingerprint density at radius 3 is 2.22 bits per heavy atom. The quantitative estimate of drug-likeness (QED) is 0.702. The molecule has 2 amide bonds. The van der Waals surface area contributed by atoms with E-state index in [1.807, 2.05) is 11.8 Å². The number of hydrogen-bond donors (Lipinski definition) is 0. The number of anilines is 1. The molecule has 0 saturated carbocycles. The lowest BCUT2D eigenvalue weighted by Crippen LogP contribution is -2.35. The smallest absolute Gasteiger partial charge is 0.282 e. The van der Waals surface area contributed by atoms with Gasteiger partial charge in [-0.05, 0) is 55.2 Å². The average molecular weight is 401 g/mol. The maximum atomic E-state index is 13.4. The van der Waals surface area contributed by atoms with Crippen molar-refractivity contribution in [1.82, 2.24) is 4.90 Å². The summed E-state index contributed by atoms with van der Waals surface area (Å²) >= 11 is 12.2. The number of carbonyl (C=O) groups is 2. The molecule has 0 atom stereocenters. The van der Waals surface area contributed by atoms with Gasteiger partial charge in [-0.2, -0.15) is 0 Å². The Hall–Kier alpha value is -2.30. The van der Waals surface area contributed by atoms with Crippen LogP contribution in [0, 0.1) is 6.92 Å². The molecule has 2 aliphatic rings. The van der Waals surface area contributed by atoms with Gasteiger partial charge in [0.15, 0.2) is 0 Å². The van der Waals surface area contributed by atoms with Crippen molar-refractivity contribution in [3.63, 3.8) is 0 Å². The molecule has 0 aromatic heterocycles. The molecule has 0 bridgehead atoms. The van der Waals surface area contributed by atoms with Gasteiger partial charge in [-0.1, -0.05) is 41.4 Å². The third kappa shape index (κ3) is 3.03. The second kappa shape index (κ2) is 7.02. The highest BCUT2D eigenvalue weighted by Crippen LogP contribution is 2.38. The van der Waals surface area contributed by atoms with Crippen molar-refractivity contribution in [3.8, 4) is 0 Å². The number of likely N-dealkylation sites (tertiary alicyclic amines) is 1. The van der Waals surface area contributed by atoms with Crippen molar-refractivity contribution in [2.45, 2.75) is 19.8 Å². The van der Waals surface area contributed by atoms with E-state index < -0.39 is 0 Å². The van der Waals surface area contributed by atoms with Crippen LogP contribution in [-0.2, 0) is 9.59 Å². The third-order valence-corrected chi connectivity index (χ3v) is 5.76. The minimum atomic E-state index is -0.324. The van der Waals surface area contributed by atoms with Crippen molar-refractivity contribution >= 4 is 46.3 Å². The van der Waals surface area contributed by atoms with E-state index in [9.17, 15) is 9.59 Å². The predicted octanol–water partition coefficient (Wildman–Crippen LogP) is 4.68. The monoisotopic (exact) mass is 400 g/mol. The summed E-state index contributed by atoms with van der Waals surface area (Å²) in [6.45, 7) is 3.36. The fourth-order valence-corrected chi connectivity index (χ4v) is 3.98. The van der Waals surface area contributed by atoms with Crippen molar-refractivity contribution in [1.29, 1.82) is 0 Å². The molecule has 2 aromatic rings. The van der Waals surface area contributed by atoms with Gasteiger partial charge in [0.1, 0.15) is 5.70 Å². The van der Waals surface area contributed by atoms with Crippen LogP contribution in [0.2, 0.25) is 10.0 Å². The Morgan fingerprint density at radius 2 is 1.56 bits per heavy atom.